The number of aryl methyl sites for hydroxylation is 1. The van der Waals surface area contributed by atoms with Crippen molar-refractivity contribution in [1.82, 2.24) is 0 Å². The minimum atomic E-state index is -0.946. The van der Waals surface area contributed by atoms with Crippen molar-refractivity contribution in [2.75, 3.05) is 12.4 Å². The number of nitrogens with one attached hydrogen (secondary N) is 1. The van der Waals surface area contributed by atoms with Crippen LogP contribution < -0.4 is 5.32 Å². The number of carbonyl (C=O) groups excluding carboxylic acids is 2. The van der Waals surface area contributed by atoms with Gasteiger partial charge in [0.15, 0.2) is 0 Å². The van der Waals surface area contributed by atoms with Gasteiger partial charge in [-0.25, -0.2) is 0 Å². The third kappa shape index (κ3) is 2.23. The van der Waals surface area contributed by atoms with Crippen LogP contribution in [0.1, 0.15) is 25.3 Å². The van der Waals surface area contributed by atoms with E-state index in [1.54, 1.807) is 0 Å². The Morgan fingerprint density at radius 2 is 1.89 bits per heavy atom. The Morgan fingerprint density at radius 1 is 1.28 bits per heavy atom. The maximum absolute atomic E-state index is 12.0. The fourth-order valence-electron chi connectivity index (χ4n) is 1.92. The van der Waals surface area contributed by atoms with Crippen molar-refractivity contribution in [2.24, 2.45) is 5.41 Å². The molecule has 1 N–H and O–H groups in total. The molecule has 1 fully saturated rings. The molecule has 1 amide bonds. The highest BCUT2D eigenvalue weighted by Crippen LogP contribution is 2.47. The first-order chi connectivity index (χ1) is 8.62. The molecule has 1 aliphatic carbocycles. The van der Waals surface area contributed by atoms with Crippen molar-refractivity contribution in [3.8, 4) is 0 Å². The molecule has 4 nitrogen and oxygen atoms in total. The average molecular weight is 247 g/mol. The Hall–Kier alpha value is -1.84. The van der Waals surface area contributed by atoms with Gasteiger partial charge >= 0.3 is 5.97 Å². The molecule has 0 atom stereocenters. The molecule has 0 unspecified atom stereocenters. The van der Waals surface area contributed by atoms with Gasteiger partial charge in [-0.3, -0.25) is 9.59 Å². The molecule has 18 heavy (non-hydrogen) atoms. The van der Waals surface area contributed by atoms with Gasteiger partial charge in [0.25, 0.3) is 0 Å². The summed E-state index contributed by atoms with van der Waals surface area (Å²) >= 11 is 0. The second kappa shape index (κ2) is 4.80. The topological polar surface area (TPSA) is 55.4 Å². The summed E-state index contributed by atoms with van der Waals surface area (Å²) in [5.41, 5.74) is 0.979. The summed E-state index contributed by atoms with van der Waals surface area (Å²) in [5, 5.41) is 2.77. The highest BCUT2D eigenvalue weighted by Gasteiger charge is 2.57. The lowest BCUT2D eigenvalue weighted by atomic mass is 10.1. The van der Waals surface area contributed by atoms with E-state index < -0.39 is 11.4 Å². The third-order valence-corrected chi connectivity index (χ3v) is 3.38. The molecule has 4 heteroatoms. The van der Waals surface area contributed by atoms with Crippen molar-refractivity contribution in [2.45, 2.75) is 26.2 Å². The fraction of sp³-hybridized carbons (Fsp3) is 0.429. The van der Waals surface area contributed by atoms with Crippen molar-refractivity contribution in [3.05, 3.63) is 29.8 Å². The number of methoxy groups -OCH3 is 1. The number of hydrogen-bond donors (Lipinski definition) is 1. The lowest BCUT2D eigenvalue weighted by Crippen LogP contribution is -2.32. The van der Waals surface area contributed by atoms with Crippen LogP contribution in [0, 0.1) is 5.41 Å². The number of amides is 1. The molecule has 1 aromatic carbocycles. The lowest BCUT2D eigenvalue weighted by Gasteiger charge is -2.13. The molecule has 2 rings (SSSR count). The molecule has 1 saturated carbocycles. The molecular formula is C14H17NO3. The molecule has 0 bridgehead atoms. The van der Waals surface area contributed by atoms with Crippen LogP contribution in [0.2, 0.25) is 0 Å². The van der Waals surface area contributed by atoms with Gasteiger partial charge in [-0.15, -0.1) is 0 Å². The van der Waals surface area contributed by atoms with Gasteiger partial charge in [-0.1, -0.05) is 19.1 Å². The van der Waals surface area contributed by atoms with E-state index in [0.29, 0.717) is 18.5 Å². The summed E-state index contributed by atoms with van der Waals surface area (Å²) < 4.78 is 4.67. The Morgan fingerprint density at radius 3 is 2.33 bits per heavy atom. The predicted molar refractivity (Wildman–Crippen MR) is 68.1 cm³/mol. The Labute approximate surface area is 106 Å². The van der Waals surface area contributed by atoms with Crippen LogP contribution >= 0.6 is 0 Å². The van der Waals surface area contributed by atoms with Crippen LogP contribution in [-0.2, 0) is 20.7 Å². The van der Waals surface area contributed by atoms with Crippen molar-refractivity contribution >= 4 is 17.6 Å². The minimum Gasteiger partial charge on any atom is -0.468 e. The molecule has 0 radical (unpaired) electrons. The smallest absolute Gasteiger partial charge is 0.321 e. The summed E-state index contributed by atoms with van der Waals surface area (Å²) in [5.74, 6) is -0.705. The number of benzene rings is 1. The fourth-order valence-corrected chi connectivity index (χ4v) is 1.92. The van der Waals surface area contributed by atoms with Crippen LogP contribution in [0.5, 0.6) is 0 Å². The first kappa shape index (κ1) is 12.6. The normalized spacial score (nSPS) is 15.9. The molecule has 0 spiro atoms. The van der Waals surface area contributed by atoms with Crippen LogP contribution in [0.25, 0.3) is 0 Å². The number of esters is 1. The van der Waals surface area contributed by atoms with Gasteiger partial charge in [0.05, 0.1) is 7.11 Å². The third-order valence-electron chi connectivity index (χ3n) is 3.38. The number of hydrogen-bond acceptors (Lipinski definition) is 3. The average Bonchev–Trinajstić information content (AvgIpc) is 3.20. The van der Waals surface area contributed by atoms with E-state index in [1.165, 1.54) is 12.7 Å². The van der Waals surface area contributed by atoms with Gasteiger partial charge in [0, 0.05) is 5.69 Å². The van der Waals surface area contributed by atoms with E-state index in [9.17, 15) is 9.59 Å². The van der Waals surface area contributed by atoms with Crippen molar-refractivity contribution in [1.29, 1.82) is 0 Å². The van der Waals surface area contributed by atoms with E-state index in [-0.39, 0.29) is 5.91 Å². The molecule has 0 aromatic heterocycles. The number of carbonyl (C=O) groups is 2. The minimum absolute atomic E-state index is 0.265. The zero-order valence-electron chi connectivity index (χ0n) is 10.7. The van der Waals surface area contributed by atoms with Crippen LogP contribution in [0.4, 0.5) is 5.69 Å². The highest BCUT2D eigenvalue weighted by atomic mass is 16.5. The van der Waals surface area contributed by atoms with E-state index in [4.69, 9.17) is 0 Å². The molecule has 0 heterocycles. The van der Waals surface area contributed by atoms with E-state index >= 15 is 0 Å². The van der Waals surface area contributed by atoms with Gasteiger partial charge in [-0.05, 0) is 37.0 Å². The summed E-state index contributed by atoms with van der Waals surface area (Å²) in [6, 6.07) is 7.63. The van der Waals surface area contributed by atoms with Gasteiger partial charge in [0.2, 0.25) is 5.91 Å². The van der Waals surface area contributed by atoms with Crippen molar-refractivity contribution < 1.29 is 14.3 Å². The molecule has 0 saturated heterocycles. The molecule has 1 aliphatic rings. The van der Waals surface area contributed by atoms with Crippen molar-refractivity contribution in [3.63, 3.8) is 0 Å². The Kier molecular flexibility index (Phi) is 3.36. The zero-order valence-corrected chi connectivity index (χ0v) is 10.7. The predicted octanol–water partition coefficient (Wildman–Crippen LogP) is 2.14. The number of rotatable bonds is 4. The number of anilines is 1. The number of ether oxygens (including phenoxy) is 1. The summed E-state index contributed by atoms with van der Waals surface area (Å²) in [6.45, 7) is 2.07. The van der Waals surface area contributed by atoms with Crippen LogP contribution in [-0.4, -0.2) is 19.0 Å². The SMILES string of the molecule is CCc1ccc(NC(=O)C2(C(=O)OC)CC2)cc1. The summed E-state index contributed by atoms with van der Waals surface area (Å²) in [6.07, 6.45) is 2.09. The van der Waals surface area contributed by atoms with Gasteiger partial charge < -0.3 is 10.1 Å². The second-order valence-corrected chi connectivity index (χ2v) is 4.58. The first-order valence-corrected chi connectivity index (χ1v) is 6.11. The van der Waals surface area contributed by atoms with Gasteiger partial charge in [-0.2, -0.15) is 0 Å². The van der Waals surface area contributed by atoms with Crippen LogP contribution in [0.15, 0.2) is 24.3 Å². The monoisotopic (exact) mass is 247 g/mol. The molecule has 1 aromatic rings. The van der Waals surface area contributed by atoms with E-state index in [1.807, 2.05) is 24.3 Å². The van der Waals surface area contributed by atoms with Gasteiger partial charge in [0.1, 0.15) is 5.41 Å². The maximum Gasteiger partial charge on any atom is 0.321 e. The highest BCUT2D eigenvalue weighted by molar-refractivity contribution is 6.11. The zero-order chi connectivity index (χ0) is 13.2. The first-order valence-electron chi connectivity index (χ1n) is 6.11. The molecule has 0 aliphatic heterocycles. The van der Waals surface area contributed by atoms with E-state index in [2.05, 4.69) is 17.0 Å². The Bertz CT molecular complexity index is 460. The lowest BCUT2D eigenvalue weighted by molar-refractivity contribution is -0.150. The maximum atomic E-state index is 12.0. The Balaban J connectivity index is 2.05. The second-order valence-electron chi connectivity index (χ2n) is 4.58. The van der Waals surface area contributed by atoms with E-state index in [0.717, 1.165) is 6.42 Å². The summed E-state index contributed by atoms with van der Waals surface area (Å²) in [4.78, 5) is 23.6. The largest absolute Gasteiger partial charge is 0.468 e. The molecular weight excluding hydrogens is 230 g/mol. The standard InChI is InChI=1S/C14H17NO3/c1-3-10-4-6-11(7-5-10)15-12(16)14(8-9-14)13(17)18-2/h4-7H,3,8-9H2,1-2H3,(H,15,16). The quantitative estimate of drug-likeness (QED) is 0.655. The van der Waals surface area contributed by atoms with Crippen LogP contribution in [0.3, 0.4) is 0 Å². The molecule has 96 valence electrons. The summed E-state index contributed by atoms with van der Waals surface area (Å²) in [7, 11) is 1.31.